The van der Waals surface area contributed by atoms with Crippen LogP contribution in [0.1, 0.15) is 16.7 Å². The first-order valence-corrected chi connectivity index (χ1v) is 8.46. The van der Waals surface area contributed by atoms with Crippen molar-refractivity contribution >= 4 is 11.6 Å². The van der Waals surface area contributed by atoms with E-state index in [4.69, 9.17) is 4.74 Å². The van der Waals surface area contributed by atoms with Gasteiger partial charge in [0.15, 0.2) is 6.61 Å². The topological polar surface area (TPSA) is 58.6 Å². The molecule has 26 heavy (non-hydrogen) atoms. The molecule has 1 amide bonds. The van der Waals surface area contributed by atoms with Gasteiger partial charge in [0.05, 0.1) is 5.69 Å². The number of phenolic OH excluding ortho intramolecular Hbond substituents is 1. The van der Waals surface area contributed by atoms with Gasteiger partial charge < -0.3 is 15.2 Å². The molecular weight excluding hydrogens is 326 g/mol. The van der Waals surface area contributed by atoms with E-state index in [2.05, 4.69) is 17.4 Å². The molecule has 0 aliphatic carbocycles. The Morgan fingerprint density at radius 1 is 1.00 bits per heavy atom. The molecule has 0 fully saturated rings. The Bertz CT molecular complexity index is 891. The highest BCUT2D eigenvalue weighted by molar-refractivity contribution is 5.93. The number of amides is 1. The fourth-order valence-corrected chi connectivity index (χ4v) is 2.68. The summed E-state index contributed by atoms with van der Waals surface area (Å²) >= 11 is 0. The van der Waals surface area contributed by atoms with Gasteiger partial charge in [-0.3, -0.25) is 4.79 Å². The normalized spacial score (nSPS) is 10.3. The predicted molar refractivity (Wildman–Crippen MR) is 103 cm³/mol. The van der Waals surface area contributed by atoms with Gasteiger partial charge in [-0.15, -0.1) is 0 Å². The SMILES string of the molecule is Cc1ccc(NC(=O)COc2ccccc2Cc2ccccc2)c(O)c1. The Balaban J connectivity index is 1.63. The number of hydrogen-bond acceptors (Lipinski definition) is 3. The number of aryl methyl sites for hydroxylation is 1. The highest BCUT2D eigenvalue weighted by atomic mass is 16.5. The molecule has 0 aliphatic rings. The minimum atomic E-state index is -0.321. The van der Waals surface area contributed by atoms with Crippen molar-refractivity contribution in [2.75, 3.05) is 11.9 Å². The van der Waals surface area contributed by atoms with Gasteiger partial charge in [0.25, 0.3) is 5.91 Å². The van der Waals surface area contributed by atoms with E-state index in [0.29, 0.717) is 11.4 Å². The minimum Gasteiger partial charge on any atom is -0.506 e. The average molecular weight is 347 g/mol. The molecule has 3 rings (SSSR count). The number of para-hydroxylation sites is 1. The zero-order chi connectivity index (χ0) is 18.4. The number of hydrogen-bond donors (Lipinski definition) is 2. The molecule has 0 aliphatic heterocycles. The first-order chi connectivity index (χ1) is 12.6. The van der Waals surface area contributed by atoms with E-state index in [1.807, 2.05) is 55.5 Å². The molecule has 0 spiro atoms. The summed E-state index contributed by atoms with van der Waals surface area (Å²) in [6, 6.07) is 22.9. The first-order valence-electron chi connectivity index (χ1n) is 8.46. The maximum atomic E-state index is 12.1. The molecule has 0 radical (unpaired) electrons. The van der Waals surface area contributed by atoms with Crippen molar-refractivity contribution in [3.8, 4) is 11.5 Å². The lowest BCUT2D eigenvalue weighted by Crippen LogP contribution is -2.20. The second-order valence-electron chi connectivity index (χ2n) is 6.13. The van der Waals surface area contributed by atoms with E-state index >= 15 is 0 Å². The summed E-state index contributed by atoms with van der Waals surface area (Å²) in [4.78, 5) is 12.1. The van der Waals surface area contributed by atoms with Crippen LogP contribution in [-0.2, 0) is 11.2 Å². The zero-order valence-corrected chi connectivity index (χ0v) is 14.6. The summed E-state index contributed by atoms with van der Waals surface area (Å²) < 4.78 is 5.71. The Labute approximate surface area is 153 Å². The summed E-state index contributed by atoms with van der Waals surface area (Å²) in [5, 5.41) is 12.5. The number of rotatable bonds is 6. The van der Waals surface area contributed by atoms with Gasteiger partial charge in [0, 0.05) is 6.42 Å². The standard InChI is InChI=1S/C22H21NO3/c1-16-11-12-19(20(24)13-16)23-22(25)15-26-21-10-6-5-9-18(21)14-17-7-3-2-4-8-17/h2-13,24H,14-15H2,1H3,(H,23,25). The number of ether oxygens (including phenoxy) is 1. The third kappa shape index (κ3) is 4.63. The monoisotopic (exact) mass is 347 g/mol. The number of nitrogens with one attached hydrogen (secondary N) is 1. The van der Waals surface area contributed by atoms with Gasteiger partial charge in [0.2, 0.25) is 0 Å². The lowest BCUT2D eigenvalue weighted by atomic mass is 10.0. The van der Waals surface area contributed by atoms with Gasteiger partial charge in [-0.2, -0.15) is 0 Å². The second-order valence-corrected chi connectivity index (χ2v) is 6.13. The molecule has 4 nitrogen and oxygen atoms in total. The predicted octanol–water partition coefficient (Wildman–Crippen LogP) is 4.31. The van der Waals surface area contributed by atoms with Gasteiger partial charge >= 0.3 is 0 Å². The second kappa shape index (κ2) is 8.21. The summed E-state index contributed by atoms with van der Waals surface area (Å²) in [5.74, 6) is 0.404. The number of benzene rings is 3. The summed E-state index contributed by atoms with van der Waals surface area (Å²) in [7, 11) is 0. The van der Waals surface area contributed by atoms with Crippen molar-refractivity contribution in [1.29, 1.82) is 0 Å². The largest absolute Gasteiger partial charge is 0.506 e. The number of aromatic hydroxyl groups is 1. The molecule has 0 bridgehead atoms. The van der Waals surface area contributed by atoms with Crippen LogP contribution in [0.2, 0.25) is 0 Å². The average Bonchev–Trinajstić information content (AvgIpc) is 2.64. The molecule has 0 atom stereocenters. The zero-order valence-electron chi connectivity index (χ0n) is 14.6. The number of carbonyl (C=O) groups is 1. The number of carbonyl (C=O) groups excluding carboxylic acids is 1. The molecular formula is C22H21NO3. The minimum absolute atomic E-state index is 0.0443. The van der Waals surface area contributed by atoms with Crippen LogP contribution in [-0.4, -0.2) is 17.6 Å². The van der Waals surface area contributed by atoms with Crippen molar-refractivity contribution in [3.63, 3.8) is 0 Å². The van der Waals surface area contributed by atoms with E-state index < -0.39 is 0 Å². The van der Waals surface area contributed by atoms with E-state index in [9.17, 15) is 9.90 Å². The molecule has 2 N–H and O–H groups in total. The summed E-state index contributed by atoms with van der Waals surface area (Å²) in [5.41, 5.74) is 3.50. The van der Waals surface area contributed by atoms with Crippen LogP contribution in [0.4, 0.5) is 5.69 Å². The van der Waals surface area contributed by atoms with Gasteiger partial charge in [-0.25, -0.2) is 0 Å². The van der Waals surface area contributed by atoms with Crippen LogP contribution in [0.3, 0.4) is 0 Å². The fourth-order valence-electron chi connectivity index (χ4n) is 2.68. The lowest BCUT2D eigenvalue weighted by molar-refractivity contribution is -0.118. The highest BCUT2D eigenvalue weighted by Crippen LogP contribution is 2.24. The Morgan fingerprint density at radius 2 is 1.73 bits per heavy atom. The third-order valence-corrected chi connectivity index (χ3v) is 4.00. The van der Waals surface area contributed by atoms with Crippen LogP contribution in [0.25, 0.3) is 0 Å². The third-order valence-electron chi connectivity index (χ3n) is 4.00. The first kappa shape index (κ1) is 17.5. The van der Waals surface area contributed by atoms with Crippen LogP contribution in [0.15, 0.2) is 72.8 Å². The van der Waals surface area contributed by atoms with Crippen molar-refractivity contribution in [3.05, 3.63) is 89.5 Å². The van der Waals surface area contributed by atoms with E-state index in [0.717, 1.165) is 17.5 Å². The van der Waals surface area contributed by atoms with Crippen molar-refractivity contribution < 1.29 is 14.6 Å². The van der Waals surface area contributed by atoms with Crippen molar-refractivity contribution in [2.24, 2.45) is 0 Å². The smallest absolute Gasteiger partial charge is 0.262 e. The molecule has 3 aromatic rings. The maximum absolute atomic E-state index is 12.1. The molecule has 0 aromatic heterocycles. The summed E-state index contributed by atoms with van der Waals surface area (Å²) in [6.45, 7) is 1.75. The van der Waals surface area contributed by atoms with Crippen LogP contribution < -0.4 is 10.1 Å². The van der Waals surface area contributed by atoms with E-state index in [-0.39, 0.29) is 18.3 Å². The number of phenols is 1. The highest BCUT2D eigenvalue weighted by Gasteiger charge is 2.10. The van der Waals surface area contributed by atoms with Gasteiger partial charge in [-0.1, -0.05) is 54.6 Å². The van der Waals surface area contributed by atoms with Gasteiger partial charge in [0.1, 0.15) is 11.5 Å². The van der Waals surface area contributed by atoms with Crippen molar-refractivity contribution in [2.45, 2.75) is 13.3 Å². The molecule has 0 unspecified atom stereocenters. The fraction of sp³-hybridized carbons (Fsp3) is 0.136. The Morgan fingerprint density at radius 3 is 2.50 bits per heavy atom. The van der Waals surface area contributed by atoms with E-state index in [1.165, 1.54) is 5.56 Å². The molecule has 0 heterocycles. The van der Waals surface area contributed by atoms with Crippen LogP contribution in [0.5, 0.6) is 11.5 Å². The quantitative estimate of drug-likeness (QED) is 0.653. The maximum Gasteiger partial charge on any atom is 0.262 e. The van der Waals surface area contributed by atoms with Crippen LogP contribution in [0, 0.1) is 6.92 Å². The molecule has 3 aromatic carbocycles. The van der Waals surface area contributed by atoms with Crippen molar-refractivity contribution in [1.82, 2.24) is 0 Å². The number of anilines is 1. The Hall–Kier alpha value is -3.27. The lowest BCUT2D eigenvalue weighted by Gasteiger charge is -2.12. The molecule has 0 saturated carbocycles. The Kier molecular flexibility index (Phi) is 5.54. The molecule has 4 heteroatoms. The molecule has 0 saturated heterocycles. The van der Waals surface area contributed by atoms with E-state index in [1.54, 1.807) is 12.1 Å². The van der Waals surface area contributed by atoms with Crippen LogP contribution >= 0.6 is 0 Å². The van der Waals surface area contributed by atoms with Gasteiger partial charge in [-0.05, 0) is 41.8 Å². The summed E-state index contributed by atoms with van der Waals surface area (Å²) in [6.07, 6.45) is 0.734. The molecule has 132 valence electrons.